The summed E-state index contributed by atoms with van der Waals surface area (Å²) >= 11 is 0. The van der Waals surface area contributed by atoms with Crippen molar-refractivity contribution in [3.05, 3.63) is 65.5 Å². The fraction of sp³-hybridized carbons (Fsp3) is 0.133. The van der Waals surface area contributed by atoms with Crippen LogP contribution in [0.25, 0.3) is 0 Å². The van der Waals surface area contributed by atoms with Crippen LogP contribution in [-0.2, 0) is 10.0 Å². The lowest BCUT2D eigenvalue weighted by Crippen LogP contribution is -2.14. The van der Waals surface area contributed by atoms with Gasteiger partial charge in [0.05, 0.1) is 5.75 Å². The van der Waals surface area contributed by atoms with Gasteiger partial charge in [0.15, 0.2) is 5.78 Å². The Morgan fingerprint density at radius 1 is 1.10 bits per heavy atom. The number of carbonyl (C=O) groups excluding carboxylic acids is 1. The molecule has 0 saturated carbocycles. The summed E-state index contributed by atoms with van der Waals surface area (Å²) in [6.07, 6.45) is 0. The minimum Gasteiger partial charge on any atom is -0.289 e. The molecule has 0 fully saturated rings. The van der Waals surface area contributed by atoms with Gasteiger partial charge in [-0.3, -0.25) is 9.52 Å². The van der Waals surface area contributed by atoms with E-state index in [1.807, 2.05) is 0 Å². The first-order valence-electron chi connectivity index (χ1n) is 6.32. The van der Waals surface area contributed by atoms with Gasteiger partial charge in [-0.2, -0.15) is 0 Å². The Kier molecular flexibility index (Phi) is 4.37. The van der Waals surface area contributed by atoms with Gasteiger partial charge in [0, 0.05) is 16.8 Å². The van der Waals surface area contributed by atoms with Crippen molar-refractivity contribution >= 4 is 21.5 Å². The fourth-order valence-electron chi connectivity index (χ4n) is 1.74. The van der Waals surface area contributed by atoms with Gasteiger partial charge >= 0.3 is 0 Å². The number of sulfonamides is 1. The van der Waals surface area contributed by atoms with Crippen LogP contribution in [0.2, 0.25) is 0 Å². The highest BCUT2D eigenvalue weighted by atomic mass is 32.2. The van der Waals surface area contributed by atoms with Crippen LogP contribution >= 0.6 is 0 Å². The standard InChI is InChI=1S/C15H14FNO3S/c1-2-21(19,20)17-14-8-6-11(7-9-14)15(18)12-4-3-5-13(16)10-12/h3-10,17H,2H2,1H3. The summed E-state index contributed by atoms with van der Waals surface area (Å²) in [6, 6.07) is 11.4. The number of ketones is 1. The summed E-state index contributed by atoms with van der Waals surface area (Å²) in [4.78, 5) is 12.1. The molecule has 0 amide bonds. The molecule has 0 heterocycles. The zero-order chi connectivity index (χ0) is 15.5. The SMILES string of the molecule is CCS(=O)(=O)Nc1ccc(C(=O)c2cccc(F)c2)cc1. The van der Waals surface area contributed by atoms with E-state index < -0.39 is 15.8 Å². The first-order chi connectivity index (χ1) is 9.91. The number of hydrogen-bond acceptors (Lipinski definition) is 3. The van der Waals surface area contributed by atoms with Crippen molar-refractivity contribution in [3.8, 4) is 0 Å². The Bertz CT molecular complexity index is 755. The van der Waals surface area contributed by atoms with E-state index >= 15 is 0 Å². The molecule has 0 atom stereocenters. The third-order valence-corrected chi connectivity index (χ3v) is 4.19. The van der Waals surface area contributed by atoms with Crippen molar-refractivity contribution < 1.29 is 17.6 Å². The molecule has 0 aromatic heterocycles. The highest BCUT2D eigenvalue weighted by Crippen LogP contribution is 2.15. The van der Waals surface area contributed by atoms with Crippen LogP contribution in [0.15, 0.2) is 48.5 Å². The lowest BCUT2D eigenvalue weighted by atomic mass is 10.0. The predicted molar refractivity (Wildman–Crippen MR) is 79.4 cm³/mol. The summed E-state index contributed by atoms with van der Waals surface area (Å²) < 4.78 is 38.3. The molecule has 6 heteroatoms. The molecule has 2 aromatic rings. The van der Waals surface area contributed by atoms with Crippen molar-refractivity contribution in [1.82, 2.24) is 0 Å². The number of benzene rings is 2. The van der Waals surface area contributed by atoms with Crippen molar-refractivity contribution in [2.45, 2.75) is 6.92 Å². The molecular weight excluding hydrogens is 293 g/mol. The van der Waals surface area contributed by atoms with Crippen LogP contribution in [0.3, 0.4) is 0 Å². The summed E-state index contributed by atoms with van der Waals surface area (Å²) in [5, 5.41) is 0. The maximum atomic E-state index is 13.1. The number of nitrogens with one attached hydrogen (secondary N) is 1. The zero-order valence-electron chi connectivity index (χ0n) is 11.3. The molecule has 1 N–H and O–H groups in total. The largest absolute Gasteiger partial charge is 0.289 e. The van der Waals surface area contributed by atoms with Gasteiger partial charge in [0.1, 0.15) is 5.82 Å². The smallest absolute Gasteiger partial charge is 0.232 e. The van der Waals surface area contributed by atoms with Gasteiger partial charge in [-0.25, -0.2) is 12.8 Å². The van der Waals surface area contributed by atoms with Gasteiger partial charge in [0.2, 0.25) is 10.0 Å². The molecule has 0 bridgehead atoms. The molecule has 0 aliphatic heterocycles. The Morgan fingerprint density at radius 3 is 2.33 bits per heavy atom. The lowest BCUT2D eigenvalue weighted by molar-refractivity contribution is 0.103. The minimum absolute atomic E-state index is 0.0308. The van der Waals surface area contributed by atoms with Crippen LogP contribution in [-0.4, -0.2) is 20.0 Å². The number of hydrogen-bond donors (Lipinski definition) is 1. The van der Waals surface area contributed by atoms with Crippen molar-refractivity contribution in [1.29, 1.82) is 0 Å². The van der Waals surface area contributed by atoms with E-state index in [0.29, 0.717) is 11.3 Å². The zero-order valence-corrected chi connectivity index (χ0v) is 12.2. The molecule has 0 aliphatic rings. The maximum absolute atomic E-state index is 13.1. The van der Waals surface area contributed by atoms with Gasteiger partial charge in [-0.05, 0) is 43.3 Å². The first-order valence-corrected chi connectivity index (χ1v) is 7.97. The van der Waals surface area contributed by atoms with Crippen LogP contribution in [0.1, 0.15) is 22.8 Å². The number of carbonyl (C=O) groups is 1. The van der Waals surface area contributed by atoms with E-state index in [-0.39, 0.29) is 17.1 Å². The monoisotopic (exact) mass is 307 g/mol. The molecule has 0 radical (unpaired) electrons. The Hall–Kier alpha value is -2.21. The molecule has 0 aliphatic carbocycles. The second-order valence-corrected chi connectivity index (χ2v) is 6.43. The summed E-state index contributed by atoms with van der Waals surface area (Å²) in [5.74, 6) is -0.829. The van der Waals surface area contributed by atoms with E-state index in [4.69, 9.17) is 0 Å². The van der Waals surface area contributed by atoms with Gasteiger partial charge < -0.3 is 0 Å². The molecule has 110 valence electrons. The number of halogens is 1. The highest BCUT2D eigenvalue weighted by molar-refractivity contribution is 7.92. The number of anilines is 1. The highest BCUT2D eigenvalue weighted by Gasteiger charge is 2.11. The summed E-state index contributed by atoms with van der Waals surface area (Å²) in [6.45, 7) is 1.53. The van der Waals surface area contributed by atoms with Gasteiger partial charge in [-0.1, -0.05) is 12.1 Å². The van der Waals surface area contributed by atoms with Crippen LogP contribution < -0.4 is 4.72 Å². The summed E-state index contributed by atoms with van der Waals surface area (Å²) in [5.41, 5.74) is 0.990. The third-order valence-electron chi connectivity index (χ3n) is 2.89. The molecular formula is C15H14FNO3S. The Balaban J connectivity index is 2.21. The molecule has 0 unspecified atom stereocenters. The van der Waals surface area contributed by atoms with Crippen LogP contribution in [0.4, 0.5) is 10.1 Å². The summed E-state index contributed by atoms with van der Waals surface area (Å²) in [7, 11) is -3.35. The normalized spacial score (nSPS) is 11.1. The number of rotatable bonds is 5. The molecule has 2 rings (SSSR count). The van der Waals surface area contributed by atoms with E-state index in [0.717, 1.165) is 6.07 Å². The van der Waals surface area contributed by atoms with Crippen LogP contribution in [0.5, 0.6) is 0 Å². The van der Waals surface area contributed by atoms with E-state index in [1.165, 1.54) is 49.4 Å². The van der Waals surface area contributed by atoms with E-state index in [2.05, 4.69) is 4.72 Å². The van der Waals surface area contributed by atoms with Gasteiger partial charge in [-0.15, -0.1) is 0 Å². The van der Waals surface area contributed by atoms with E-state index in [9.17, 15) is 17.6 Å². The topological polar surface area (TPSA) is 63.2 Å². The van der Waals surface area contributed by atoms with Crippen molar-refractivity contribution in [3.63, 3.8) is 0 Å². The fourth-order valence-corrected chi connectivity index (χ4v) is 2.38. The third kappa shape index (κ3) is 3.88. The average Bonchev–Trinajstić information content (AvgIpc) is 2.47. The predicted octanol–water partition coefficient (Wildman–Crippen LogP) is 2.82. The molecule has 2 aromatic carbocycles. The lowest BCUT2D eigenvalue weighted by Gasteiger charge is -2.07. The van der Waals surface area contributed by atoms with Crippen LogP contribution in [0, 0.1) is 5.82 Å². The molecule has 21 heavy (non-hydrogen) atoms. The average molecular weight is 307 g/mol. The Morgan fingerprint density at radius 2 is 1.76 bits per heavy atom. The molecule has 0 saturated heterocycles. The molecule has 0 spiro atoms. The quantitative estimate of drug-likeness (QED) is 0.864. The van der Waals surface area contributed by atoms with E-state index in [1.54, 1.807) is 0 Å². The second kappa shape index (κ2) is 6.05. The first kappa shape index (κ1) is 15.2. The maximum Gasteiger partial charge on any atom is 0.232 e. The molecule has 4 nitrogen and oxygen atoms in total. The van der Waals surface area contributed by atoms with Crippen molar-refractivity contribution in [2.24, 2.45) is 0 Å². The van der Waals surface area contributed by atoms with Gasteiger partial charge in [0.25, 0.3) is 0 Å². The minimum atomic E-state index is -3.35. The second-order valence-electron chi connectivity index (χ2n) is 4.42. The Labute approximate surface area is 122 Å². The van der Waals surface area contributed by atoms with Crippen molar-refractivity contribution in [2.75, 3.05) is 10.5 Å².